The number of sulfone groups is 1. The van der Waals surface area contributed by atoms with Crippen LogP contribution in [0.15, 0.2) is 29.3 Å². The Morgan fingerprint density at radius 3 is 2.59 bits per heavy atom. The number of thioether (sulfide) groups is 1. The highest BCUT2D eigenvalue weighted by Crippen LogP contribution is 2.36. The zero-order valence-electron chi connectivity index (χ0n) is 12.7. The molecule has 120 valence electrons. The number of benzene rings is 1. The van der Waals surface area contributed by atoms with Crippen molar-refractivity contribution in [2.24, 2.45) is 4.99 Å². The van der Waals surface area contributed by atoms with Crippen LogP contribution in [-0.4, -0.2) is 49.5 Å². The molecule has 0 unspecified atom stereocenters. The van der Waals surface area contributed by atoms with Gasteiger partial charge in [-0.2, -0.15) is 0 Å². The Morgan fingerprint density at radius 1 is 1.27 bits per heavy atom. The van der Waals surface area contributed by atoms with Gasteiger partial charge in [-0.15, -0.1) is 0 Å². The molecule has 1 aromatic rings. The van der Waals surface area contributed by atoms with Crippen LogP contribution in [0, 0.1) is 0 Å². The van der Waals surface area contributed by atoms with E-state index in [-0.39, 0.29) is 22.8 Å². The number of hydrogen-bond acceptors (Lipinski definition) is 6. The van der Waals surface area contributed by atoms with E-state index in [9.17, 15) is 8.42 Å². The standard InChI is InChI=1S/C15H20N2O3S2/c1-3-17(11-5-7-12(8-6-11)20-4-2)15-16-13-9-22(18,19)10-14(13)21-15/h5-8,13-14H,3-4,9-10H2,1-2H3/t13-,14+/m0/s1. The molecule has 0 bridgehead atoms. The third kappa shape index (κ3) is 3.10. The summed E-state index contributed by atoms with van der Waals surface area (Å²) in [5, 5.41) is 1.01. The molecular formula is C15H20N2O3S2. The smallest absolute Gasteiger partial charge is 0.164 e. The zero-order valence-corrected chi connectivity index (χ0v) is 14.4. The second-order valence-corrected chi connectivity index (χ2v) is 8.74. The first kappa shape index (κ1) is 15.7. The topological polar surface area (TPSA) is 59.0 Å². The van der Waals surface area contributed by atoms with E-state index < -0.39 is 9.84 Å². The second kappa shape index (κ2) is 6.12. The number of rotatable bonds is 4. The quantitative estimate of drug-likeness (QED) is 0.841. The minimum atomic E-state index is -2.90. The van der Waals surface area contributed by atoms with E-state index in [1.165, 1.54) is 0 Å². The molecule has 0 aromatic heterocycles. The summed E-state index contributed by atoms with van der Waals surface area (Å²) < 4.78 is 28.8. The van der Waals surface area contributed by atoms with Crippen molar-refractivity contribution < 1.29 is 13.2 Å². The zero-order chi connectivity index (χ0) is 15.7. The van der Waals surface area contributed by atoms with Crippen LogP contribution in [0.1, 0.15) is 13.8 Å². The summed E-state index contributed by atoms with van der Waals surface area (Å²) in [6.45, 7) is 5.48. The lowest BCUT2D eigenvalue weighted by Gasteiger charge is -2.23. The lowest BCUT2D eigenvalue weighted by atomic mass is 10.2. The van der Waals surface area contributed by atoms with E-state index in [4.69, 9.17) is 4.74 Å². The Balaban J connectivity index is 1.78. The van der Waals surface area contributed by atoms with Gasteiger partial charge in [-0.3, -0.25) is 4.99 Å². The van der Waals surface area contributed by atoms with Gasteiger partial charge in [-0.1, -0.05) is 11.8 Å². The van der Waals surface area contributed by atoms with E-state index in [2.05, 4.69) is 16.8 Å². The van der Waals surface area contributed by atoms with Crippen molar-refractivity contribution in [1.29, 1.82) is 0 Å². The normalized spacial score (nSPS) is 25.6. The number of ether oxygens (including phenoxy) is 1. The molecule has 5 nitrogen and oxygen atoms in total. The van der Waals surface area contributed by atoms with E-state index in [0.29, 0.717) is 6.61 Å². The third-order valence-electron chi connectivity index (χ3n) is 3.81. The monoisotopic (exact) mass is 340 g/mol. The molecule has 2 heterocycles. The molecule has 22 heavy (non-hydrogen) atoms. The first-order valence-corrected chi connectivity index (χ1v) is 10.2. The summed E-state index contributed by atoms with van der Waals surface area (Å²) in [4.78, 5) is 6.78. The molecule has 0 radical (unpaired) electrons. The Kier molecular flexibility index (Phi) is 4.36. The van der Waals surface area contributed by atoms with Crippen molar-refractivity contribution >= 4 is 32.5 Å². The lowest BCUT2D eigenvalue weighted by Crippen LogP contribution is -2.28. The van der Waals surface area contributed by atoms with Gasteiger partial charge in [0, 0.05) is 17.5 Å². The second-order valence-electron chi connectivity index (χ2n) is 5.38. The highest BCUT2D eigenvalue weighted by molar-refractivity contribution is 8.15. The largest absolute Gasteiger partial charge is 0.494 e. The highest BCUT2D eigenvalue weighted by Gasteiger charge is 2.43. The van der Waals surface area contributed by atoms with Crippen molar-refractivity contribution in [1.82, 2.24) is 0 Å². The van der Waals surface area contributed by atoms with Crippen molar-refractivity contribution in [3.8, 4) is 5.75 Å². The van der Waals surface area contributed by atoms with Crippen molar-refractivity contribution in [3.63, 3.8) is 0 Å². The van der Waals surface area contributed by atoms with Crippen LogP contribution in [0.2, 0.25) is 0 Å². The first-order chi connectivity index (χ1) is 10.5. The molecule has 0 N–H and O–H groups in total. The van der Waals surface area contributed by atoms with Gasteiger partial charge in [0.05, 0.1) is 24.2 Å². The maximum Gasteiger partial charge on any atom is 0.164 e. The molecule has 2 aliphatic heterocycles. The predicted octanol–water partition coefficient (Wildman–Crippen LogP) is 2.18. The molecule has 3 rings (SSSR count). The Hall–Kier alpha value is -1.21. The van der Waals surface area contributed by atoms with E-state index in [1.807, 2.05) is 31.2 Å². The van der Waals surface area contributed by atoms with Gasteiger partial charge < -0.3 is 9.64 Å². The van der Waals surface area contributed by atoms with Gasteiger partial charge in [0.1, 0.15) is 5.75 Å². The van der Waals surface area contributed by atoms with E-state index >= 15 is 0 Å². The molecule has 1 aromatic carbocycles. The fourth-order valence-corrected chi connectivity index (χ4v) is 6.63. The number of anilines is 1. The van der Waals surface area contributed by atoms with Crippen molar-refractivity contribution in [3.05, 3.63) is 24.3 Å². The van der Waals surface area contributed by atoms with Crippen LogP contribution in [0.25, 0.3) is 0 Å². The number of amidine groups is 1. The summed E-state index contributed by atoms with van der Waals surface area (Å²) in [6, 6.07) is 7.85. The Labute approximate surface area is 135 Å². The van der Waals surface area contributed by atoms with Crippen LogP contribution in [0.4, 0.5) is 5.69 Å². The maximum atomic E-state index is 11.6. The molecule has 2 aliphatic rings. The Bertz CT molecular complexity index is 671. The van der Waals surface area contributed by atoms with E-state index in [0.717, 1.165) is 23.1 Å². The van der Waals surface area contributed by atoms with E-state index in [1.54, 1.807) is 11.8 Å². The van der Waals surface area contributed by atoms with Gasteiger partial charge in [0.2, 0.25) is 0 Å². The molecule has 1 saturated heterocycles. The van der Waals surface area contributed by atoms with Crippen LogP contribution in [0.5, 0.6) is 5.75 Å². The van der Waals surface area contributed by atoms with Gasteiger partial charge in [0.25, 0.3) is 0 Å². The molecule has 0 aliphatic carbocycles. The minimum Gasteiger partial charge on any atom is -0.494 e. The van der Waals surface area contributed by atoms with Crippen molar-refractivity contribution in [2.75, 3.05) is 29.6 Å². The first-order valence-electron chi connectivity index (χ1n) is 7.47. The third-order valence-corrected chi connectivity index (χ3v) is 7.06. The van der Waals surface area contributed by atoms with Gasteiger partial charge >= 0.3 is 0 Å². The van der Waals surface area contributed by atoms with Crippen molar-refractivity contribution in [2.45, 2.75) is 25.1 Å². The van der Waals surface area contributed by atoms with Gasteiger partial charge in [0.15, 0.2) is 15.0 Å². The van der Waals surface area contributed by atoms with Crippen LogP contribution >= 0.6 is 11.8 Å². The lowest BCUT2D eigenvalue weighted by molar-refractivity contribution is 0.340. The average molecular weight is 340 g/mol. The summed E-state index contributed by atoms with van der Waals surface area (Å²) in [7, 11) is -2.90. The number of nitrogens with zero attached hydrogens (tertiary/aromatic N) is 2. The summed E-state index contributed by atoms with van der Waals surface area (Å²) in [5.74, 6) is 1.29. The van der Waals surface area contributed by atoms with Gasteiger partial charge in [-0.05, 0) is 38.1 Å². The van der Waals surface area contributed by atoms with Crippen LogP contribution in [0.3, 0.4) is 0 Å². The highest BCUT2D eigenvalue weighted by atomic mass is 32.2. The number of hydrogen-bond donors (Lipinski definition) is 0. The predicted molar refractivity (Wildman–Crippen MR) is 91.9 cm³/mol. The minimum absolute atomic E-state index is 0.0803. The molecule has 7 heteroatoms. The number of aliphatic imine (C=N–C) groups is 1. The molecule has 0 amide bonds. The molecular weight excluding hydrogens is 320 g/mol. The van der Waals surface area contributed by atoms with Crippen LogP contribution < -0.4 is 9.64 Å². The summed E-state index contributed by atoms with van der Waals surface area (Å²) in [5.41, 5.74) is 1.06. The maximum absolute atomic E-state index is 11.6. The fraction of sp³-hybridized carbons (Fsp3) is 0.533. The molecule has 2 atom stereocenters. The van der Waals surface area contributed by atoms with Gasteiger partial charge in [-0.25, -0.2) is 8.42 Å². The molecule has 0 saturated carbocycles. The SMILES string of the molecule is CCOc1ccc(N(CC)C2=N[C@H]3CS(=O)(=O)C[C@H]3S2)cc1. The number of fused-ring (bicyclic) bond motifs is 1. The van der Waals surface area contributed by atoms with Crippen LogP contribution in [-0.2, 0) is 9.84 Å². The molecule has 1 fully saturated rings. The average Bonchev–Trinajstić information content (AvgIpc) is 2.95. The summed E-state index contributed by atoms with van der Waals surface area (Å²) in [6.07, 6.45) is 0. The summed E-state index contributed by atoms with van der Waals surface area (Å²) >= 11 is 1.59. The molecule has 0 spiro atoms. The fourth-order valence-electron chi connectivity index (χ4n) is 2.79. The Morgan fingerprint density at radius 2 is 2.00 bits per heavy atom.